The molecule has 9 heteroatoms. The third-order valence-corrected chi connectivity index (χ3v) is 7.73. The summed E-state index contributed by atoms with van der Waals surface area (Å²) in [5.74, 6) is 0.928. The predicted molar refractivity (Wildman–Crippen MR) is 108 cm³/mol. The second-order valence-electron chi connectivity index (χ2n) is 10.1. The number of carbonyl (C=O) groups is 1. The Hall–Kier alpha value is -1.12. The van der Waals surface area contributed by atoms with Gasteiger partial charge in [0.1, 0.15) is 5.15 Å². The largest absolute Gasteiger partial charge is 0.349 e. The van der Waals surface area contributed by atoms with E-state index in [4.69, 9.17) is 11.6 Å². The van der Waals surface area contributed by atoms with Crippen LogP contribution in [0.1, 0.15) is 63.2 Å². The normalized spacial score (nSPS) is 34.6. The molecular weight excluding hydrogens is 400 g/mol. The lowest BCUT2D eigenvalue weighted by atomic mass is 9.51. The average molecular weight is 429 g/mol. The van der Waals surface area contributed by atoms with Crippen molar-refractivity contribution in [3.05, 3.63) is 16.9 Å². The maximum absolute atomic E-state index is 12.9. The van der Waals surface area contributed by atoms with Crippen LogP contribution in [-0.2, 0) is 15.6 Å². The zero-order chi connectivity index (χ0) is 20.5. The summed E-state index contributed by atoms with van der Waals surface area (Å²) in [6, 6.07) is 0.0626. The number of sulfonamides is 1. The van der Waals surface area contributed by atoms with Gasteiger partial charge in [0, 0.05) is 11.6 Å². The number of hydrogen-bond acceptors (Lipinski definition) is 4. The molecule has 1 aromatic rings. The first kappa shape index (κ1) is 20.2. The summed E-state index contributed by atoms with van der Waals surface area (Å²) >= 11 is 6.43. The summed E-state index contributed by atoms with van der Waals surface area (Å²) in [6.07, 6.45) is 7.34. The van der Waals surface area contributed by atoms with Crippen molar-refractivity contribution in [1.82, 2.24) is 19.8 Å². The van der Waals surface area contributed by atoms with E-state index in [0.717, 1.165) is 32.1 Å². The summed E-state index contributed by atoms with van der Waals surface area (Å²) in [7, 11) is -3.25. The van der Waals surface area contributed by atoms with Crippen molar-refractivity contribution in [3.63, 3.8) is 0 Å². The van der Waals surface area contributed by atoms with E-state index in [2.05, 4.69) is 15.1 Å². The van der Waals surface area contributed by atoms with Crippen LogP contribution < -0.4 is 10.0 Å². The maximum atomic E-state index is 12.9. The highest BCUT2D eigenvalue weighted by molar-refractivity contribution is 7.88. The number of hydrogen-bond donors (Lipinski definition) is 2. The van der Waals surface area contributed by atoms with Crippen LogP contribution in [0.4, 0.5) is 0 Å². The third kappa shape index (κ3) is 3.59. The van der Waals surface area contributed by atoms with Crippen LogP contribution in [0.25, 0.3) is 0 Å². The van der Waals surface area contributed by atoms with Gasteiger partial charge in [0.15, 0.2) is 0 Å². The molecule has 0 radical (unpaired) electrons. The molecule has 4 aliphatic rings. The van der Waals surface area contributed by atoms with E-state index in [1.807, 2.05) is 20.8 Å². The Morgan fingerprint density at radius 3 is 2.36 bits per heavy atom. The summed E-state index contributed by atoms with van der Waals surface area (Å²) in [4.78, 5) is 12.9. The van der Waals surface area contributed by atoms with Crippen molar-refractivity contribution in [3.8, 4) is 0 Å². The molecular formula is C19H29ClN4O3S. The Morgan fingerprint density at radius 1 is 1.25 bits per heavy atom. The second kappa shape index (κ2) is 6.44. The van der Waals surface area contributed by atoms with Crippen LogP contribution in [0.15, 0.2) is 6.20 Å². The summed E-state index contributed by atoms with van der Waals surface area (Å²) < 4.78 is 28.3. The Labute approximate surface area is 171 Å². The lowest BCUT2D eigenvalue weighted by Gasteiger charge is -2.59. The van der Waals surface area contributed by atoms with Crippen molar-refractivity contribution in [2.45, 2.75) is 70.0 Å². The molecule has 1 aromatic heterocycles. The number of halogens is 1. The van der Waals surface area contributed by atoms with Gasteiger partial charge in [-0.25, -0.2) is 17.8 Å². The Balaban J connectivity index is 1.52. The summed E-state index contributed by atoms with van der Waals surface area (Å²) in [6.45, 7) is 5.96. The van der Waals surface area contributed by atoms with Gasteiger partial charge >= 0.3 is 0 Å². The van der Waals surface area contributed by atoms with Crippen LogP contribution in [0.3, 0.4) is 0 Å². The molecule has 0 aromatic carbocycles. The molecule has 4 aliphatic carbocycles. The molecule has 28 heavy (non-hydrogen) atoms. The fourth-order valence-corrected chi connectivity index (χ4v) is 7.43. The van der Waals surface area contributed by atoms with Gasteiger partial charge in [0.05, 0.1) is 23.6 Å². The monoisotopic (exact) mass is 428 g/mol. The van der Waals surface area contributed by atoms with Crippen molar-refractivity contribution in [2.75, 3.05) is 6.26 Å². The van der Waals surface area contributed by atoms with Crippen LogP contribution in [0.2, 0.25) is 5.15 Å². The molecule has 0 spiro atoms. The van der Waals surface area contributed by atoms with Crippen molar-refractivity contribution >= 4 is 27.5 Å². The van der Waals surface area contributed by atoms with Gasteiger partial charge in [-0.2, -0.15) is 5.10 Å². The zero-order valence-electron chi connectivity index (χ0n) is 16.8. The fourth-order valence-electron chi connectivity index (χ4n) is 5.96. The zero-order valence-corrected chi connectivity index (χ0v) is 18.4. The second-order valence-corrected chi connectivity index (χ2v) is 12.2. The highest BCUT2D eigenvalue weighted by atomic mass is 35.5. The van der Waals surface area contributed by atoms with Crippen molar-refractivity contribution < 1.29 is 13.2 Å². The van der Waals surface area contributed by atoms with E-state index in [1.165, 1.54) is 12.5 Å². The predicted octanol–water partition coefficient (Wildman–Crippen LogP) is 2.52. The van der Waals surface area contributed by atoms with Gasteiger partial charge in [-0.3, -0.25) is 4.79 Å². The van der Waals surface area contributed by atoms with Gasteiger partial charge in [-0.15, -0.1) is 0 Å². The molecule has 5 rings (SSSR count). The smallest absolute Gasteiger partial charge is 0.256 e. The van der Waals surface area contributed by atoms with Gasteiger partial charge < -0.3 is 5.32 Å². The van der Waals surface area contributed by atoms with Gasteiger partial charge in [-0.05, 0) is 70.6 Å². The fraction of sp³-hybridized carbons (Fsp3) is 0.789. The topological polar surface area (TPSA) is 93.1 Å². The van der Waals surface area contributed by atoms with Crippen LogP contribution >= 0.6 is 11.6 Å². The standard InChI is InChI=1S/C19H29ClN4O3S/c1-18(2,3)24-16(20)14(10-21-24)17(25)22-15-12-5-11-6-13(15)9-19(7-11,8-12)23-28(4,26)27/h10-13,15,23H,5-9H2,1-4H3,(H,22,25)/t11?,12-,13+,15?,19?. The molecule has 0 aliphatic heterocycles. The molecule has 5 atom stereocenters. The highest BCUT2D eigenvalue weighted by Crippen LogP contribution is 2.56. The number of rotatable bonds is 4. The quantitative estimate of drug-likeness (QED) is 0.770. The maximum Gasteiger partial charge on any atom is 0.256 e. The average Bonchev–Trinajstić information content (AvgIpc) is 2.89. The van der Waals surface area contributed by atoms with Gasteiger partial charge in [0.2, 0.25) is 10.0 Å². The highest BCUT2D eigenvalue weighted by Gasteiger charge is 2.56. The molecule has 1 heterocycles. The Morgan fingerprint density at radius 2 is 1.86 bits per heavy atom. The van der Waals surface area contributed by atoms with Crippen LogP contribution in [-0.4, -0.2) is 41.9 Å². The molecule has 4 bridgehead atoms. The van der Waals surface area contributed by atoms with E-state index in [9.17, 15) is 13.2 Å². The first-order valence-corrected chi connectivity index (χ1v) is 12.2. The van der Waals surface area contributed by atoms with E-state index < -0.39 is 10.0 Å². The van der Waals surface area contributed by atoms with Gasteiger partial charge in [-0.1, -0.05) is 11.6 Å². The molecule has 2 N–H and O–H groups in total. The molecule has 7 nitrogen and oxygen atoms in total. The number of nitrogens with zero attached hydrogens (tertiary/aromatic N) is 2. The van der Waals surface area contributed by atoms with E-state index in [1.54, 1.807) is 4.68 Å². The number of aromatic nitrogens is 2. The molecule has 4 saturated carbocycles. The Kier molecular flexibility index (Phi) is 4.64. The molecule has 3 unspecified atom stereocenters. The molecule has 1 amide bonds. The van der Waals surface area contributed by atoms with Crippen LogP contribution in [0.5, 0.6) is 0 Å². The van der Waals surface area contributed by atoms with E-state index in [-0.39, 0.29) is 23.0 Å². The third-order valence-electron chi connectivity index (χ3n) is 6.56. The SMILES string of the molecule is CC(C)(C)n1ncc(C(=O)NC2[C@@H]3CC4C[C@H]2CC(NS(C)(=O)=O)(C4)C3)c1Cl. The van der Waals surface area contributed by atoms with E-state index >= 15 is 0 Å². The van der Waals surface area contributed by atoms with Crippen LogP contribution in [0, 0.1) is 17.8 Å². The minimum Gasteiger partial charge on any atom is -0.349 e. The first-order valence-electron chi connectivity index (χ1n) is 9.91. The number of nitrogens with one attached hydrogen (secondary N) is 2. The van der Waals surface area contributed by atoms with Crippen molar-refractivity contribution in [1.29, 1.82) is 0 Å². The Bertz CT molecular complexity index is 889. The minimum atomic E-state index is -3.25. The number of carbonyl (C=O) groups excluding carboxylic acids is 1. The minimum absolute atomic E-state index is 0.0626. The molecule has 156 valence electrons. The van der Waals surface area contributed by atoms with Gasteiger partial charge in [0.25, 0.3) is 5.91 Å². The molecule has 4 fully saturated rings. The summed E-state index contributed by atoms with van der Waals surface area (Å²) in [5, 5.41) is 7.85. The first-order chi connectivity index (χ1) is 12.9. The summed E-state index contributed by atoms with van der Waals surface area (Å²) in [5.41, 5.74) is -0.239. The lowest BCUT2D eigenvalue weighted by Crippen LogP contribution is -2.66. The molecule has 0 saturated heterocycles. The van der Waals surface area contributed by atoms with Crippen molar-refractivity contribution in [2.24, 2.45) is 17.8 Å². The van der Waals surface area contributed by atoms with E-state index in [0.29, 0.717) is 28.5 Å². The lowest BCUT2D eigenvalue weighted by molar-refractivity contribution is -0.0347. The number of amides is 1.